The highest BCUT2D eigenvalue weighted by Gasteiger charge is 2.11. The van der Waals surface area contributed by atoms with Gasteiger partial charge in [0.05, 0.1) is 5.70 Å². The lowest BCUT2D eigenvalue weighted by Crippen LogP contribution is -2.27. The smallest absolute Gasteiger partial charge is 0.247 e. The Hall–Kier alpha value is -2.49. The lowest BCUT2D eigenvalue weighted by atomic mass is 10.1. The number of hydrogen-bond acceptors (Lipinski definition) is 3. The van der Waals surface area contributed by atoms with Crippen LogP contribution in [0.2, 0.25) is 0 Å². The molecule has 1 heterocycles. The van der Waals surface area contributed by atoms with Gasteiger partial charge in [-0.15, -0.1) is 0 Å². The molecule has 19 heavy (non-hydrogen) atoms. The predicted octanol–water partition coefficient (Wildman–Crippen LogP) is 2.10. The van der Waals surface area contributed by atoms with Crippen LogP contribution in [0.4, 0.5) is 11.4 Å². The number of carbonyl (C=O) groups is 1. The van der Waals surface area contributed by atoms with Crippen molar-refractivity contribution in [3.8, 4) is 0 Å². The van der Waals surface area contributed by atoms with E-state index in [2.05, 4.69) is 11.9 Å². The lowest BCUT2D eigenvalue weighted by Gasteiger charge is -2.25. The van der Waals surface area contributed by atoms with Crippen molar-refractivity contribution in [2.75, 3.05) is 17.2 Å². The molecule has 1 aromatic rings. The molecule has 4 nitrogen and oxygen atoms in total. The van der Waals surface area contributed by atoms with Gasteiger partial charge in [0.15, 0.2) is 0 Å². The number of nitrogens with zero attached hydrogens (tertiary/aromatic N) is 1. The molecule has 0 spiro atoms. The number of anilines is 2. The number of amides is 1. The fourth-order valence-electron chi connectivity index (χ4n) is 1.93. The van der Waals surface area contributed by atoms with Crippen molar-refractivity contribution in [2.45, 2.75) is 6.92 Å². The zero-order valence-electron chi connectivity index (χ0n) is 10.9. The molecule has 1 aliphatic rings. The largest absolute Gasteiger partial charge is 0.399 e. The Morgan fingerprint density at radius 1 is 1.53 bits per heavy atom. The van der Waals surface area contributed by atoms with Crippen molar-refractivity contribution < 1.29 is 4.79 Å². The van der Waals surface area contributed by atoms with Crippen molar-refractivity contribution in [2.24, 2.45) is 0 Å². The molecule has 98 valence electrons. The Labute approximate surface area is 112 Å². The van der Waals surface area contributed by atoms with Crippen LogP contribution in [-0.4, -0.2) is 12.5 Å². The second-order valence-electron chi connectivity index (χ2n) is 4.38. The van der Waals surface area contributed by atoms with Gasteiger partial charge in [0.2, 0.25) is 5.91 Å². The molecule has 0 bridgehead atoms. The molecule has 1 amide bonds. The maximum absolute atomic E-state index is 11.3. The summed E-state index contributed by atoms with van der Waals surface area (Å²) in [6.45, 7) is 6.21. The van der Waals surface area contributed by atoms with Crippen LogP contribution >= 0.6 is 0 Å². The fourth-order valence-corrected chi connectivity index (χ4v) is 1.93. The number of benzene rings is 1. The monoisotopic (exact) mass is 255 g/mol. The van der Waals surface area contributed by atoms with Gasteiger partial charge in [-0.1, -0.05) is 18.7 Å². The molecular weight excluding hydrogens is 238 g/mol. The summed E-state index contributed by atoms with van der Waals surface area (Å²) in [6.07, 6.45) is 7.00. The van der Waals surface area contributed by atoms with Gasteiger partial charge in [0, 0.05) is 24.1 Å². The minimum atomic E-state index is -0.220. The molecular formula is C15H17N3O. The zero-order valence-corrected chi connectivity index (χ0v) is 10.9. The van der Waals surface area contributed by atoms with Crippen LogP contribution in [0.1, 0.15) is 5.56 Å². The molecule has 0 unspecified atom stereocenters. The molecule has 1 aromatic carbocycles. The third-order valence-electron chi connectivity index (χ3n) is 2.89. The summed E-state index contributed by atoms with van der Waals surface area (Å²) in [6, 6.07) is 5.79. The summed E-state index contributed by atoms with van der Waals surface area (Å²) in [5, 5.41) is 2.75. The standard InChI is InChI=1S/C15H17N3O/c1-3-15(19)17-13-5-4-8-18(10-13)14-9-12(16)7-6-11(14)2/h3-7,9-10H,1,8,16H2,2H3,(H,17,19). The predicted molar refractivity (Wildman–Crippen MR) is 78.5 cm³/mol. The van der Waals surface area contributed by atoms with Crippen molar-refractivity contribution in [3.63, 3.8) is 0 Å². The van der Waals surface area contributed by atoms with Crippen LogP contribution < -0.4 is 16.0 Å². The molecule has 0 fully saturated rings. The quantitative estimate of drug-likeness (QED) is 0.642. The average Bonchev–Trinajstić information content (AvgIpc) is 2.41. The van der Waals surface area contributed by atoms with Crippen molar-refractivity contribution in [3.05, 3.63) is 60.5 Å². The zero-order chi connectivity index (χ0) is 13.8. The van der Waals surface area contributed by atoms with E-state index in [0.29, 0.717) is 0 Å². The molecule has 0 atom stereocenters. The summed E-state index contributed by atoms with van der Waals surface area (Å²) in [7, 11) is 0. The van der Waals surface area contributed by atoms with Gasteiger partial charge in [-0.05, 0) is 36.8 Å². The Balaban J connectivity index is 2.26. The van der Waals surface area contributed by atoms with Gasteiger partial charge in [-0.2, -0.15) is 0 Å². The number of aryl methyl sites for hydroxylation is 1. The fraction of sp³-hybridized carbons (Fsp3) is 0.133. The Morgan fingerprint density at radius 2 is 2.32 bits per heavy atom. The second kappa shape index (κ2) is 5.44. The van der Waals surface area contributed by atoms with Crippen molar-refractivity contribution in [1.29, 1.82) is 0 Å². The molecule has 2 rings (SSSR count). The van der Waals surface area contributed by atoms with Gasteiger partial charge in [-0.3, -0.25) is 4.79 Å². The molecule has 3 N–H and O–H groups in total. The summed E-state index contributed by atoms with van der Waals surface area (Å²) in [5.41, 5.74) is 9.45. The van der Waals surface area contributed by atoms with E-state index in [1.165, 1.54) is 6.08 Å². The van der Waals surface area contributed by atoms with Crippen LogP contribution in [0.25, 0.3) is 0 Å². The maximum Gasteiger partial charge on any atom is 0.247 e. The molecule has 1 aliphatic heterocycles. The van der Waals surface area contributed by atoms with E-state index >= 15 is 0 Å². The van der Waals surface area contributed by atoms with Crippen LogP contribution in [0.15, 0.2) is 54.9 Å². The highest BCUT2D eigenvalue weighted by Crippen LogP contribution is 2.25. The number of nitrogens with one attached hydrogen (secondary N) is 1. The van der Waals surface area contributed by atoms with Gasteiger partial charge < -0.3 is 16.0 Å². The van der Waals surface area contributed by atoms with E-state index < -0.39 is 0 Å². The SMILES string of the molecule is C=CC(=O)NC1=CN(c2cc(N)ccc2C)CC=C1. The third-order valence-corrected chi connectivity index (χ3v) is 2.89. The molecule has 0 radical (unpaired) electrons. The van der Waals surface area contributed by atoms with E-state index in [1.807, 2.05) is 48.4 Å². The summed E-state index contributed by atoms with van der Waals surface area (Å²) >= 11 is 0. The number of allylic oxidation sites excluding steroid dienone is 1. The Bertz CT molecular complexity index is 573. The molecule has 0 saturated carbocycles. The highest BCUT2D eigenvalue weighted by molar-refractivity contribution is 5.88. The van der Waals surface area contributed by atoms with E-state index in [1.54, 1.807) is 0 Å². The maximum atomic E-state index is 11.3. The number of rotatable bonds is 3. The minimum Gasteiger partial charge on any atom is -0.399 e. The second-order valence-corrected chi connectivity index (χ2v) is 4.38. The lowest BCUT2D eigenvalue weighted by molar-refractivity contribution is -0.115. The van der Waals surface area contributed by atoms with E-state index in [-0.39, 0.29) is 5.91 Å². The van der Waals surface area contributed by atoms with Gasteiger partial charge >= 0.3 is 0 Å². The highest BCUT2D eigenvalue weighted by atomic mass is 16.1. The first-order chi connectivity index (χ1) is 9.10. The van der Waals surface area contributed by atoms with Gasteiger partial charge in [0.1, 0.15) is 0 Å². The van der Waals surface area contributed by atoms with Crippen LogP contribution in [0, 0.1) is 6.92 Å². The van der Waals surface area contributed by atoms with E-state index in [4.69, 9.17) is 5.73 Å². The summed E-state index contributed by atoms with van der Waals surface area (Å²) in [4.78, 5) is 13.3. The van der Waals surface area contributed by atoms with Crippen LogP contribution in [0.3, 0.4) is 0 Å². The Morgan fingerprint density at radius 3 is 3.05 bits per heavy atom. The van der Waals surface area contributed by atoms with Crippen molar-refractivity contribution in [1.82, 2.24) is 5.32 Å². The first-order valence-corrected chi connectivity index (χ1v) is 6.04. The minimum absolute atomic E-state index is 0.220. The normalized spacial score (nSPS) is 13.9. The number of carbonyl (C=O) groups excluding carboxylic acids is 1. The van der Waals surface area contributed by atoms with Crippen molar-refractivity contribution >= 4 is 17.3 Å². The average molecular weight is 255 g/mol. The van der Waals surface area contributed by atoms with Crippen LogP contribution in [0.5, 0.6) is 0 Å². The molecule has 0 aromatic heterocycles. The number of hydrogen-bond donors (Lipinski definition) is 2. The molecule has 0 saturated heterocycles. The molecule has 0 aliphatic carbocycles. The van der Waals surface area contributed by atoms with Gasteiger partial charge in [0.25, 0.3) is 0 Å². The number of nitrogen functional groups attached to an aromatic ring is 1. The summed E-state index contributed by atoms with van der Waals surface area (Å²) < 4.78 is 0. The van der Waals surface area contributed by atoms with E-state index in [9.17, 15) is 4.79 Å². The first-order valence-electron chi connectivity index (χ1n) is 6.04. The van der Waals surface area contributed by atoms with E-state index in [0.717, 1.165) is 29.2 Å². The first kappa shape index (κ1) is 13.0. The summed E-state index contributed by atoms with van der Waals surface area (Å²) in [5.74, 6) is -0.220. The number of nitrogens with two attached hydrogens (primary N) is 1. The van der Waals surface area contributed by atoms with Gasteiger partial charge in [-0.25, -0.2) is 0 Å². The molecule has 4 heteroatoms. The topological polar surface area (TPSA) is 58.4 Å². The third kappa shape index (κ3) is 3.04. The Kier molecular flexibility index (Phi) is 3.71. The van der Waals surface area contributed by atoms with Crippen LogP contribution in [-0.2, 0) is 4.79 Å².